The molecule has 1 amide bonds. The first kappa shape index (κ1) is 13.7. The highest BCUT2D eigenvalue weighted by molar-refractivity contribution is 6.31. The number of fused-ring (bicyclic) bond motifs is 1. The van der Waals surface area contributed by atoms with Crippen LogP contribution in [-0.4, -0.2) is 16.5 Å². The first-order valence-electron chi connectivity index (χ1n) is 6.09. The number of oxazole rings is 1. The molecule has 1 atom stereocenters. The van der Waals surface area contributed by atoms with Crippen molar-refractivity contribution in [1.82, 2.24) is 9.88 Å². The Morgan fingerprint density at radius 1 is 1.53 bits per heavy atom. The molecule has 2 aromatic rings. The molecule has 0 saturated heterocycles. The predicted octanol–water partition coefficient (Wildman–Crippen LogP) is 2.16. The minimum Gasteiger partial charge on any atom is -0.408 e. The molecule has 0 aliphatic carbocycles. The lowest BCUT2D eigenvalue weighted by Gasteiger charge is -2.11. The maximum atomic E-state index is 11.8. The van der Waals surface area contributed by atoms with Crippen LogP contribution in [0.15, 0.2) is 27.4 Å². The highest BCUT2D eigenvalue weighted by Gasteiger charge is 2.13. The van der Waals surface area contributed by atoms with Crippen LogP contribution < -0.4 is 11.1 Å². The monoisotopic (exact) mass is 282 g/mol. The van der Waals surface area contributed by atoms with E-state index in [1.165, 1.54) is 4.57 Å². The molecule has 0 saturated carbocycles. The van der Waals surface area contributed by atoms with Crippen molar-refractivity contribution in [3.63, 3.8) is 0 Å². The number of benzene rings is 1. The number of carbonyl (C=O) groups excluding carboxylic acids is 1. The number of aromatic nitrogens is 1. The summed E-state index contributed by atoms with van der Waals surface area (Å²) >= 11 is 5.82. The molecule has 1 aromatic heterocycles. The lowest BCUT2D eigenvalue weighted by Crippen LogP contribution is -2.36. The smallest absolute Gasteiger partial charge is 0.408 e. The molecule has 0 aliphatic rings. The first-order valence-corrected chi connectivity index (χ1v) is 6.47. The molecule has 1 aromatic carbocycles. The molecule has 0 fully saturated rings. The Bertz CT molecular complexity index is 659. The second-order valence-corrected chi connectivity index (χ2v) is 4.88. The summed E-state index contributed by atoms with van der Waals surface area (Å²) in [5, 5.41) is 3.29. The number of rotatable bonds is 4. The van der Waals surface area contributed by atoms with E-state index in [-0.39, 0.29) is 18.5 Å². The number of halogens is 1. The van der Waals surface area contributed by atoms with Crippen LogP contribution in [0.1, 0.15) is 20.3 Å². The molecule has 1 heterocycles. The fourth-order valence-corrected chi connectivity index (χ4v) is 1.92. The largest absolute Gasteiger partial charge is 0.420 e. The molecule has 5 nitrogen and oxygen atoms in total. The van der Waals surface area contributed by atoms with Crippen molar-refractivity contribution in [3.8, 4) is 0 Å². The molecule has 0 bridgehead atoms. The Balaban J connectivity index is 2.28. The van der Waals surface area contributed by atoms with Gasteiger partial charge in [-0.25, -0.2) is 4.79 Å². The Hall–Kier alpha value is -1.75. The van der Waals surface area contributed by atoms with Gasteiger partial charge in [0.05, 0.1) is 5.52 Å². The fraction of sp³-hybridized carbons (Fsp3) is 0.385. The third-order valence-corrected chi connectivity index (χ3v) is 3.19. The molecule has 0 radical (unpaired) electrons. The second kappa shape index (κ2) is 5.48. The van der Waals surface area contributed by atoms with Crippen LogP contribution in [-0.2, 0) is 11.3 Å². The van der Waals surface area contributed by atoms with E-state index in [2.05, 4.69) is 5.32 Å². The van der Waals surface area contributed by atoms with Crippen molar-refractivity contribution in [2.24, 2.45) is 0 Å². The minimum absolute atomic E-state index is 0.0577. The van der Waals surface area contributed by atoms with Crippen molar-refractivity contribution in [2.75, 3.05) is 0 Å². The van der Waals surface area contributed by atoms with Gasteiger partial charge in [-0.05, 0) is 25.5 Å². The van der Waals surface area contributed by atoms with Gasteiger partial charge in [-0.3, -0.25) is 9.36 Å². The molecule has 2 rings (SSSR count). The standard InChI is InChI=1S/C13H15ClN2O3/c1-3-8(2)15-12(17)7-16-10-5-4-9(14)6-11(10)19-13(16)18/h4-6,8H,3,7H2,1-2H3,(H,15,17)/t8-/m1/s1. The molecule has 1 N–H and O–H groups in total. The Morgan fingerprint density at radius 2 is 2.26 bits per heavy atom. The molecular weight excluding hydrogens is 268 g/mol. The Morgan fingerprint density at radius 3 is 2.95 bits per heavy atom. The zero-order valence-electron chi connectivity index (χ0n) is 10.8. The number of carbonyl (C=O) groups is 1. The zero-order chi connectivity index (χ0) is 14.0. The molecule has 0 aliphatic heterocycles. The molecular formula is C13H15ClN2O3. The maximum Gasteiger partial charge on any atom is 0.420 e. The molecule has 102 valence electrons. The van der Waals surface area contributed by atoms with E-state index >= 15 is 0 Å². The van der Waals surface area contributed by atoms with Gasteiger partial charge in [0.2, 0.25) is 5.91 Å². The molecule has 19 heavy (non-hydrogen) atoms. The fourth-order valence-electron chi connectivity index (χ4n) is 1.76. The van der Waals surface area contributed by atoms with Crippen LogP contribution in [0.5, 0.6) is 0 Å². The van der Waals surface area contributed by atoms with Gasteiger partial charge in [0, 0.05) is 17.1 Å². The average molecular weight is 283 g/mol. The van der Waals surface area contributed by atoms with Gasteiger partial charge in [0.1, 0.15) is 6.54 Å². The van der Waals surface area contributed by atoms with E-state index in [0.29, 0.717) is 16.1 Å². The Labute approximate surface area is 115 Å². The topological polar surface area (TPSA) is 64.2 Å². The van der Waals surface area contributed by atoms with Gasteiger partial charge < -0.3 is 9.73 Å². The number of nitrogens with zero attached hydrogens (tertiary/aromatic N) is 1. The number of amides is 1. The summed E-state index contributed by atoms with van der Waals surface area (Å²) in [4.78, 5) is 23.5. The van der Waals surface area contributed by atoms with Crippen molar-refractivity contribution < 1.29 is 9.21 Å². The van der Waals surface area contributed by atoms with Gasteiger partial charge in [0.15, 0.2) is 5.58 Å². The summed E-state index contributed by atoms with van der Waals surface area (Å²) in [6.45, 7) is 3.83. The summed E-state index contributed by atoms with van der Waals surface area (Å²) in [6, 6.07) is 4.96. The van der Waals surface area contributed by atoms with E-state index in [4.69, 9.17) is 16.0 Å². The van der Waals surface area contributed by atoms with Crippen LogP contribution in [0.4, 0.5) is 0 Å². The number of hydrogen-bond donors (Lipinski definition) is 1. The van der Waals surface area contributed by atoms with Gasteiger partial charge >= 0.3 is 5.76 Å². The van der Waals surface area contributed by atoms with E-state index in [9.17, 15) is 9.59 Å². The van der Waals surface area contributed by atoms with E-state index in [1.807, 2.05) is 13.8 Å². The van der Waals surface area contributed by atoms with Crippen molar-refractivity contribution >= 4 is 28.6 Å². The van der Waals surface area contributed by atoms with Crippen molar-refractivity contribution in [1.29, 1.82) is 0 Å². The van der Waals surface area contributed by atoms with Crippen LogP contribution >= 0.6 is 11.6 Å². The highest BCUT2D eigenvalue weighted by Crippen LogP contribution is 2.18. The summed E-state index contributed by atoms with van der Waals surface area (Å²) in [6.07, 6.45) is 0.836. The van der Waals surface area contributed by atoms with Gasteiger partial charge in [-0.15, -0.1) is 0 Å². The maximum absolute atomic E-state index is 11.8. The van der Waals surface area contributed by atoms with Crippen molar-refractivity contribution in [3.05, 3.63) is 33.8 Å². The van der Waals surface area contributed by atoms with Crippen molar-refractivity contribution in [2.45, 2.75) is 32.9 Å². The van der Waals surface area contributed by atoms with Crippen LogP contribution in [0.2, 0.25) is 5.02 Å². The lowest BCUT2D eigenvalue weighted by molar-refractivity contribution is -0.122. The minimum atomic E-state index is -0.559. The normalized spacial score (nSPS) is 12.6. The van der Waals surface area contributed by atoms with Gasteiger partial charge in [0.25, 0.3) is 0 Å². The molecule has 0 spiro atoms. The molecule has 0 unspecified atom stereocenters. The number of hydrogen-bond acceptors (Lipinski definition) is 3. The summed E-state index contributed by atoms with van der Waals surface area (Å²) in [7, 11) is 0. The van der Waals surface area contributed by atoms with E-state index in [0.717, 1.165) is 6.42 Å². The third-order valence-electron chi connectivity index (χ3n) is 2.95. The second-order valence-electron chi connectivity index (χ2n) is 4.44. The van der Waals surface area contributed by atoms with E-state index in [1.54, 1.807) is 18.2 Å². The first-order chi connectivity index (χ1) is 9.01. The predicted molar refractivity (Wildman–Crippen MR) is 73.4 cm³/mol. The number of nitrogens with one attached hydrogen (secondary N) is 1. The Kier molecular flexibility index (Phi) is 3.95. The lowest BCUT2D eigenvalue weighted by atomic mass is 10.2. The highest BCUT2D eigenvalue weighted by atomic mass is 35.5. The van der Waals surface area contributed by atoms with Crippen LogP contribution in [0, 0.1) is 0 Å². The SMILES string of the molecule is CC[C@@H](C)NC(=O)Cn1c(=O)oc2cc(Cl)ccc21. The van der Waals surface area contributed by atoms with E-state index < -0.39 is 5.76 Å². The average Bonchev–Trinajstić information content (AvgIpc) is 2.64. The zero-order valence-corrected chi connectivity index (χ0v) is 11.5. The third kappa shape index (κ3) is 2.98. The summed E-state index contributed by atoms with van der Waals surface area (Å²) < 4.78 is 6.35. The molecule has 6 heteroatoms. The quantitative estimate of drug-likeness (QED) is 0.935. The van der Waals surface area contributed by atoms with Crippen LogP contribution in [0.3, 0.4) is 0 Å². The van der Waals surface area contributed by atoms with Gasteiger partial charge in [-0.2, -0.15) is 0 Å². The summed E-state index contributed by atoms with van der Waals surface area (Å²) in [5.74, 6) is -0.773. The van der Waals surface area contributed by atoms with Crippen LogP contribution in [0.25, 0.3) is 11.1 Å². The van der Waals surface area contributed by atoms with Gasteiger partial charge in [-0.1, -0.05) is 18.5 Å². The summed E-state index contributed by atoms with van der Waals surface area (Å²) in [5.41, 5.74) is 0.947.